The van der Waals surface area contributed by atoms with Crippen LogP contribution in [0.25, 0.3) is 0 Å². The molecule has 2 aromatic rings. The van der Waals surface area contributed by atoms with Gasteiger partial charge in [0.15, 0.2) is 15.6 Å². The average Bonchev–Trinajstić information content (AvgIpc) is 2.82. The number of amides is 4. The molecule has 37 heavy (non-hydrogen) atoms. The Labute approximate surface area is 209 Å². The second-order valence-corrected chi connectivity index (χ2v) is 10.5. The van der Waals surface area contributed by atoms with Gasteiger partial charge in [-0.05, 0) is 48.7 Å². The normalized spacial score (nSPS) is 18.5. The number of allylic oxidation sites excluding steroid dienone is 1. The standard InChI is InChI=1S/C24H19F3N4O5S/c1-37(35,36)19-10-13(12-28)8-9-16(19)21-20-17(6-3-7-18(20)32)30(23(34)31(21)22(29)33)15-5-2-4-14(11-15)24(25,26)27/h2,4-5,8-11,21H,3,6-7H2,1H3,(H2,29,33). The highest BCUT2D eigenvalue weighted by molar-refractivity contribution is 7.90. The Bertz CT molecular complexity index is 1530. The van der Waals surface area contributed by atoms with E-state index in [-0.39, 0.29) is 47.3 Å². The highest BCUT2D eigenvalue weighted by Gasteiger charge is 2.48. The summed E-state index contributed by atoms with van der Waals surface area (Å²) in [5.41, 5.74) is 4.00. The Morgan fingerprint density at radius 2 is 1.84 bits per heavy atom. The molecule has 4 amide bonds. The molecule has 0 bridgehead atoms. The number of sulfone groups is 1. The third-order valence-corrected chi connectivity index (χ3v) is 7.29. The SMILES string of the molecule is CS(=O)(=O)c1cc(C#N)ccc1C1C2=C(CCCC2=O)N(c2cccc(C(F)(F)F)c2)C(=O)N1C(N)=O. The van der Waals surface area contributed by atoms with Crippen LogP contribution in [-0.4, -0.2) is 37.4 Å². The summed E-state index contributed by atoms with van der Waals surface area (Å²) in [7, 11) is -4.04. The van der Waals surface area contributed by atoms with Crippen LogP contribution in [0.3, 0.4) is 0 Å². The van der Waals surface area contributed by atoms with E-state index in [1.165, 1.54) is 18.2 Å². The minimum absolute atomic E-state index is 0.00293. The summed E-state index contributed by atoms with van der Waals surface area (Å²) < 4.78 is 65.5. The molecule has 9 nitrogen and oxygen atoms in total. The third-order valence-electron chi connectivity index (χ3n) is 6.13. The lowest BCUT2D eigenvalue weighted by molar-refractivity contribution is -0.137. The lowest BCUT2D eigenvalue weighted by atomic mass is 9.83. The topological polar surface area (TPSA) is 142 Å². The van der Waals surface area contributed by atoms with E-state index in [1.54, 1.807) is 0 Å². The summed E-state index contributed by atoms with van der Waals surface area (Å²) in [4.78, 5) is 40.4. The van der Waals surface area contributed by atoms with Crippen molar-refractivity contribution in [2.24, 2.45) is 5.73 Å². The van der Waals surface area contributed by atoms with Gasteiger partial charge in [0.1, 0.15) is 6.04 Å². The van der Waals surface area contributed by atoms with Crippen molar-refractivity contribution in [1.29, 1.82) is 5.26 Å². The molecule has 4 rings (SSSR count). The smallest absolute Gasteiger partial charge is 0.351 e. The van der Waals surface area contributed by atoms with Crippen LogP contribution in [0.1, 0.15) is 42.0 Å². The van der Waals surface area contributed by atoms with Gasteiger partial charge in [0.2, 0.25) is 0 Å². The largest absolute Gasteiger partial charge is 0.416 e. The van der Waals surface area contributed by atoms with Crippen LogP contribution in [0.4, 0.5) is 28.4 Å². The number of halogens is 3. The first-order chi connectivity index (χ1) is 17.3. The van der Waals surface area contributed by atoms with Gasteiger partial charge in [0.05, 0.1) is 27.8 Å². The van der Waals surface area contributed by atoms with Crippen LogP contribution in [0.5, 0.6) is 0 Å². The van der Waals surface area contributed by atoms with E-state index in [4.69, 9.17) is 5.73 Å². The molecule has 2 N–H and O–H groups in total. The van der Waals surface area contributed by atoms with Gasteiger partial charge in [0, 0.05) is 23.9 Å². The number of nitrogens with zero attached hydrogens (tertiary/aromatic N) is 3. The van der Waals surface area contributed by atoms with Crippen molar-refractivity contribution >= 4 is 33.4 Å². The highest BCUT2D eigenvalue weighted by Crippen LogP contribution is 2.46. The van der Waals surface area contributed by atoms with Crippen LogP contribution in [-0.2, 0) is 20.8 Å². The summed E-state index contributed by atoms with van der Waals surface area (Å²) >= 11 is 0. The number of primary amides is 1. The van der Waals surface area contributed by atoms with E-state index in [9.17, 15) is 41.2 Å². The number of urea groups is 2. The van der Waals surface area contributed by atoms with Crippen molar-refractivity contribution in [3.05, 3.63) is 70.4 Å². The van der Waals surface area contributed by atoms with Gasteiger partial charge >= 0.3 is 18.2 Å². The van der Waals surface area contributed by atoms with Gasteiger partial charge < -0.3 is 5.73 Å². The number of benzene rings is 2. The van der Waals surface area contributed by atoms with Crippen molar-refractivity contribution in [3.63, 3.8) is 0 Å². The number of rotatable bonds is 3. The van der Waals surface area contributed by atoms with Crippen LogP contribution in [0.2, 0.25) is 0 Å². The van der Waals surface area contributed by atoms with Crippen molar-refractivity contribution in [3.8, 4) is 6.07 Å². The van der Waals surface area contributed by atoms with E-state index in [2.05, 4.69) is 0 Å². The molecule has 1 unspecified atom stereocenters. The first-order valence-electron chi connectivity index (χ1n) is 10.9. The Morgan fingerprint density at radius 1 is 1.14 bits per heavy atom. The Morgan fingerprint density at radius 3 is 2.43 bits per heavy atom. The minimum atomic E-state index is -4.73. The number of nitrogens with two attached hydrogens (primary N) is 1. The van der Waals surface area contributed by atoms with E-state index in [1.807, 2.05) is 6.07 Å². The van der Waals surface area contributed by atoms with Gasteiger partial charge in [-0.3, -0.25) is 9.69 Å². The summed E-state index contributed by atoms with van der Waals surface area (Å²) in [5.74, 6) is -0.522. The van der Waals surface area contributed by atoms with Gasteiger partial charge in [-0.2, -0.15) is 18.4 Å². The number of Topliss-reactive ketones (excluding diaryl/α,β-unsaturated/α-hetero) is 1. The monoisotopic (exact) mass is 532 g/mol. The fourth-order valence-corrected chi connectivity index (χ4v) is 5.56. The Balaban J connectivity index is 2.05. The molecule has 1 heterocycles. The second-order valence-electron chi connectivity index (χ2n) is 8.55. The van der Waals surface area contributed by atoms with Crippen molar-refractivity contribution in [2.45, 2.75) is 36.4 Å². The minimum Gasteiger partial charge on any atom is -0.351 e. The van der Waals surface area contributed by atoms with Gasteiger partial charge in [-0.1, -0.05) is 12.1 Å². The molecule has 1 aliphatic heterocycles. The molecule has 0 radical (unpaired) electrons. The van der Waals surface area contributed by atoms with Crippen LogP contribution < -0.4 is 10.6 Å². The second kappa shape index (κ2) is 9.04. The number of imide groups is 1. The maximum atomic E-state index is 13.7. The fraction of sp³-hybridized carbons (Fsp3) is 0.250. The molecule has 13 heteroatoms. The summed E-state index contributed by atoms with van der Waals surface area (Å²) in [6, 6.07) is 5.12. The van der Waals surface area contributed by atoms with Crippen LogP contribution >= 0.6 is 0 Å². The van der Waals surface area contributed by atoms with Crippen molar-refractivity contribution < 1.29 is 36.0 Å². The number of carbonyl (C=O) groups excluding carboxylic acids is 3. The number of hydrogen-bond donors (Lipinski definition) is 1. The first-order valence-corrected chi connectivity index (χ1v) is 12.7. The molecule has 1 atom stereocenters. The zero-order valence-corrected chi connectivity index (χ0v) is 20.1. The fourth-order valence-electron chi connectivity index (χ4n) is 4.61. The average molecular weight is 533 g/mol. The molecule has 0 saturated heterocycles. The first kappa shape index (κ1) is 25.9. The molecule has 0 spiro atoms. The van der Waals surface area contributed by atoms with Crippen molar-refractivity contribution in [2.75, 3.05) is 11.2 Å². The van der Waals surface area contributed by atoms with E-state index in [0.717, 1.165) is 29.4 Å². The summed E-state index contributed by atoms with van der Waals surface area (Å²) in [6.07, 6.45) is -3.50. The molecular formula is C24H19F3N4O5S. The van der Waals surface area contributed by atoms with Gasteiger partial charge in [0.25, 0.3) is 0 Å². The lowest BCUT2D eigenvalue weighted by Crippen LogP contribution is -2.56. The van der Waals surface area contributed by atoms with E-state index < -0.39 is 50.4 Å². The van der Waals surface area contributed by atoms with E-state index >= 15 is 0 Å². The van der Waals surface area contributed by atoms with Crippen LogP contribution in [0, 0.1) is 11.3 Å². The lowest BCUT2D eigenvalue weighted by Gasteiger charge is -2.44. The molecular weight excluding hydrogens is 513 g/mol. The zero-order valence-electron chi connectivity index (χ0n) is 19.2. The maximum Gasteiger partial charge on any atom is 0.416 e. The van der Waals surface area contributed by atoms with Crippen molar-refractivity contribution in [1.82, 2.24) is 4.90 Å². The van der Waals surface area contributed by atoms with Crippen LogP contribution in [0.15, 0.2) is 58.6 Å². The van der Waals surface area contributed by atoms with Gasteiger partial charge in [-0.15, -0.1) is 0 Å². The predicted molar refractivity (Wildman–Crippen MR) is 124 cm³/mol. The molecule has 192 valence electrons. The number of hydrogen-bond acceptors (Lipinski definition) is 6. The molecule has 2 aliphatic rings. The highest BCUT2D eigenvalue weighted by atomic mass is 32.2. The molecule has 0 saturated carbocycles. The molecule has 0 aromatic heterocycles. The molecule has 1 aliphatic carbocycles. The Hall–Kier alpha value is -4.18. The Kier molecular flexibility index (Phi) is 6.33. The number of nitriles is 1. The maximum absolute atomic E-state index is 13.7. The molecule has 0 fully saturated rings. The third kappa shape index (κ3) is 4.55. The number of carbonyl (C=O) groups is 3. The number of anilines is 1. The zero-order chi connectivity index (χ0) is 27.3. The quantitative estimate of drug-likeness (QED) is 0.632. The summed E-state index contributed by atoms with van der Waals surface area (Å²) in [6.45, 7) is 0. The van der Waals surface area contributed by atoms with E-state index in [0.29, 0.717) is 11.0 Å². The predicted octanol–water partition coefficient (Wildman–Crippen LogP) is 4.05. The number of ketones is 1. The number of alkyl halides is 3. The summed E-state index contributed by atoms with van der Waals surface area (Å²) in [5, 5.41) is 9.25. The molecule has 2 aromatic carbocycles. The van der Waals surface area contributed by atoms with Gasteiger partial charge in [-0.25, -0.2) is 22.9 Å².